The third-order valence-corrected chi connectivity index (χ3v) is 4.32. The van der Waals surface area contributed by atoms with Crippen LogP contribution >= 0.6 is 0 Å². The van der Waals surface area contributed by atoms with Crippen molar-refractivity contribution in [3.63, 3.8) is 0 Å². The van der Waals surface area contributed by atoms with Crippen molar-refractivity contribution in [3.05, 3.63) is 12.3 Å². The lowest BCUT2D eigenvalue weighted by atomic mass is 9.89. The van der Waals surface area contributed by atoms with E-state index in [1.54, 1.807) is 0 Å². The second-order valence-electron chi connectivity index (χ2n) is 5.63. The normalized spacial score (nSPS) is 26.6. The minimum absolute atomic E-state index is 0.184. The van der Waals surface area contributed by atoms with Gasteiger partial charge in [-0.3, -0.25) is 4.68 Å². The van der Waals surface area contributed by atoms with E-state index < -0.39 is 0 Å². The van der Waals surface area contributed by atoms with Gasteiger partial charge in [0.2, 0.25) is 0 Å². The quantitative estimate of drug-likeness (QED) is 0.895. The van der Waals surface area contributed by atoms with Crippen LogP contribution in [0.15, 0.2) is 12.3 Å². The molecule has 2 heterocycles. The second kappa shape index (κ2) is 4.92. The summed E-state index contributed by atoms with van der Waals surface area (Å²) in [7, 11) is 0. The van der Waals surface area contributed by atoms with Crippen molar-refractivity contribution in [3.8, 4) is 0 Å². The van der Waals surface area contributed by atoms with Crippen molar-refractivity contribution in [1.82, 2.24) is 9.78 Å². The van der Waals surface area contributed by atoms with Gasteiger partial charge in [0.25, 0.3) is 0 Å². The summed E-state index contributed by atoms with van der Waals surface area (Å²) in [6.07, 6.45) is 9.43. The van der Waals surface area contributed by atoms with Crippen LogP contribution in [0.3, 0.4) is 0 Å². The number of nitrogens with zero attached hydrogens (tertiary/aromatic N) is 2. The summed E-state index contributed by atoms with van der Waals surface area (Å²) < 4.78 is 8.02. The van der Waals surface area contributed by atoms with E-state index in [0.717, 1.165) is 31.8 Å². The van der Waals surface area contributed by atoms with Crippen molar-refractivity contribution < 1.29 is 4.74 Å². The molecule has 1 atom stereocenters. The van der Waals surface area contributed by atoms with Gasteiger partial charge in [0, 0.05) is 31.5 Å². The molecular formula is C14H23N3O. The highest BCUT2D eigenvalue weighted by Gasteiger charge is 2.39. The Morgan fingerprint density at radius 2 is 2.33 bits per heavy atom. The average molecular weight is 249 g/mol. The highest BCUT2D eigenvalue weighted by molar-refractivity contribution is 5.34. The van der Waals surface area contributed by atoms with Crippen LogP contribution < -0.4 is 5.32 Å². The molecule has 1 spiro atoms. The minimum atomic E-state index is 0.184. The lowest BCUT2D eigenvalue weighted by Crippen LogP contribution is -2.42. The van der Waals surface area contributed by atoms with Crippen LogP contribution in [-0.4, -0.2) is 28.0 Å². The van der Waals surface area contributed by atoms with E-state index in [2.05, 4.69) is 23.4 Å². The second-order valence-corrected chi connectivity index (χ2v) is 5.63. The summed E-state index contributed by atoms with van der Waals surface area (Å²) >= 11 is 0. The molecule has 1 unspecified atom stereocenters. The summed E-state index contributed by atoms with van der Waals surface area (Å²) in [6.45, 7) is 3.93. The Hall–Kier alpha value is -1.03. The molecule has 1 saturated carbocycles. The van der Waals surface area contributed by atoms with Crippen molar-refractivity contribution >= 4 is 5.82 Å². The van der Waals surface area contributed by atoms with Gasteiger partial charge < -0.3 is 10.1 Å². The number of nitrogens with one attached hydrogen (secondary N) is 1. The first kappa shape index (κ1) is 12.0. The maximum Gasteiger partial charge on any atom is 0.148 e. The van der Waals surface area contributed by atoms with E-state index in [0.29, 0.717) is 6.04 Å². The van der Waals surface area contributed by atoms with Gasteiger partial charge in [-0.15, -0.1) is 0 Å². The summed E-state index contributed by atoms with van der Waals surface area (Å²) in [4.78, 5) is 0. The molecule has 2 fully saturated rings. The highest BCUT2D eigenvalue weighted by atomic mass is 16.5. The zero-order valence-electron chi connectivity index (χ0n) is 11.2. The average Bonchev–Trinajstić information content (AvgIpc) is 2.99. The zero-order valence-corrected chi connectivity index (χ0v) is 11.2. The maximum atomic E-state index is 6.06. The summed E-state index contributed by atoms with van der Waals surface area (Å²) in [5.41, 5.74) is 0.184. The molecule has 1 aromatic rings. The monoisotopic (exact) mass is 249 g/mol. The first-order valence-corrected chi connectivity index (χ1v) is 7.24. The van der Waals surface area contributed by atoms with Gasteiger partial charge in [0.05, 0.1) is 5.60 Å². The van der Waals surface area contributed by atoms with Crippen LogP contribution in [0.25, 0.3) is 0 Å². The number of hydrogen-bond donors (Lipinski definition) is 1. The molecule has 1 aromatic heterocycles. The van der Waals surface area contributed by atoms with Crippen LogP contribution in [0.1, 0.15) is 45.4 Å². The Labute approximate surface area is 109 Å². The lowest BCUT2D eigenvalue weighted by molar-refractivity contribution is -0.0767. The van der Waals surface area contributed by atoms with Gasteiger partial charge in [-0.25, -0.2) is 0 Å². The molecule has 1 saturated heterocycles. The predicted molar refractivity (Wildman–Crippen MR) is 71.7 cm³/mol. The van der Waals surface area contributed by atoms with E-state index in [1.807, 2.05) is 10.9 Å². The largest absolute Gasteiger partial charge is 0.375 e. The fourth-order valence-corrected chi connectivity index (χ4v) is 3.34. The fraction of sp³-hybridized carbons (Fsp3) is 0.786. The van der Waals surface area contributed by atoms with Gasteiger partial charge >= 0.3 is 0 Å². The number of anilines is 1. The van der Waals surface area contributed by atoms with Crippen molar-refractivity contribution in [2.75, 3.05) is 11.9 Å². The summed E-state index contributed by atoms with van der Waals surface area (Å²) in [5, 5.41) is 8.08. The fourth-order valence-electron chi connectivity index (χ4n) is 3.34. The molecule has 0 aromatic carbocycles. The van der Waals surface area contributed by atoms with E-state index >= 15 is 0 Å². The third-order valence-electron chi connectivity index (χ3n) is 4.32. The van der Waals surface area contributed by atoms with Crippen molar-refractivity contribution in [2.24, 2.45) is 0 Å². The van der Waals surface area contributed by atoms with Crippen molar-refractivity contribution in [1.29, 1.82) is 0 Å². The van der Waals surface area contributed by atoms with E-state index in [1.165, 1.54) is 25.7 Å². The molecule has 2 aliphatic rings. The number of aryl methyl sites for hydroxylation is 1. The molecule has 1 aliphatic carbocycles. The maximum absolute atomic E-state index is 6.06. The van der Waals surface area contributed by atoms with E-state index in [-0.39, 0.29) is 5.60 Å². The van der Waals surface area contributed by atoms with Gasteiger partial charge in [-0.1, -0.05) is 12.8 Å². The number of aromatic nitrogens is 2. The Bertz CT molecular complexity index is 395. The summed E-state index contributed by atoms with van der Waals surface area (Å²) in [5.74, 6) is 1.01. The van der Waals surface area contributed by atoms with E-state index in [4.69, 9.17) is 4.74 Å². The molecule has 4 heteroatoms. The first-order chi connectivity index (χ1) is 8.80. The topological polar surface area (TPSA) is 39.1 Å². The first-order valence-electron chi connectivity index (χ1n) is 7.24. The van der Waals surface area contributed by atoms with Gasteiger partial charge in [-0.2, -0.15) is 5.10 Å². The molecule has 0 radical (unpaired) electrons. The zero-order chi connectivity index (χ0) is 12.4. The van der Waals surface area contributed by atoms with Crippen LogP contribution in [0.4, 0.5) is 5.82 Å². The number of ether oxygens (including phenoxy) is 1. The smallest absolute Gasteiger partial charge is 0.148 e. The Balaban J connectivity index is 1.62. The van der Waals surface area contributed by atoms with Crippen LogP contribution in [0.2, 0.25) is 0 Å². The summed E-state index contributed by atoms with van der Waals surface area (Å²) in [6, 6.07) is 2.59. The Morgan fingerprint density at radius 1 is 1.50 bits per heavy atom. The molecule has 18 heavy (non-hydrogen) atoms. The van der Waals surface area contributed by atoms with Gasteiger partial charge in [-0.05, 0) is 32.6 Å². The Kier molecular flexibility index (Phi) is 3.29. The van der Waals surface area contributed by atoms with Gasteiger partial charge in [0.15, 0.2) is 0 Å². The van der Waals surface area contributed by atoms with E-state index in [9.17, 15) is 0 Å². The molecule has 0 bridgehead atoms. The van der Waals surface area contributed by atoms with Crippen LogP contribution in [0, 0.1) is 0 Å². The molecular weight excluding hydrogens is 226 g/mol. The number of rotatable bonds is 3. The van der Waals surface area contributed by atoms with Crippen molar-refractivity contribution in [2.45, 2.75) is 63.6 Å². The standard InChI is InChI=1S/C14H23N3O/c1-2-17-9-5-13(16-17)15-12-6-10-18-14(11-12)7-3-4-8-14/h5,9,12H,2-4,6-8,10-11H2,1H3,(H,15,16). The third kappa shape index (κ3) is 2.39. The number of hydrogen-bond acceptors (Lipinski definition) is 3. The van der Waals surface area contributed by atoms with Gasteiger partial charge in [0.1, 0.15) is 5.82 Å². The minimum Gasteiger partial charge on any atom is -0.375 e. The molecule has 100 valence electrons. The van der Waals surface area contributed by atoms with Crippen LogP contribution in [-0.2, 0) is 11.3 Å². The molecule has 3 rings (SSSR count). The predicted octanol–water partition coefficient (Wildman–Crippen LogP) is 2.81. The highest BCUT2D eigenvalue weighted by Crippen LogP contribution is 2.40. The Morgan fingerprint density at radius 3 is 3.06 bits per heavy atom. The molecule has 1 N–H and O–H groups in total. The SMILES string of the molecule is CCn1ccc(NC2CCOC3(CCCC3)C2)n1. The lowest BCUT2D eigenvalue weighted by Gasteiger charge is -2.38. The molecule has 1 aliphatic heterocycles. The molecule has 4 nitrogen and oxygen atoms in total. The van der Waals surface area contributed by atoms with Crippen LogP contribution in [0.5, 0.6) is 0 Å². The molecule has 0 amide bonds.